The minimum atomic E-state index is -0.838. The van der Waals surface area contributed by atoms with E-state index in [9.17, 15) is 9.90 Å². The van der Waals surface area contributed by atoms with Crippen molar-refractivity contribution in [2.45, 2.75) is 26.5 Å². The minimum absolute atomic E-state index is 0.151. The Balaban J connectivity index is 1.77. The van der Waals surface area contributed by atoms with Gasteiger partial charge in [0.15, 0.2) is 5.69 Å². The van der Waals surface area contributed by atoms with E-state index in [1.807, 2.05) is 25.1 Å². The third kappa shape index (κ3) is 3.43. The van der Waals surface area contributed by atoms with Crippen molar-refractivity contribution >= 4 is 5.91 Å². The van der Waals surface area contributed by atoms with Gasteiger partial charge in [-0.3, -0.25) is 4.79 Å². The van der Waals surface area contributed by atoms with E-state index in [1.54, 1.807) is 26.2 Å². The molecular weight excluding hydrogens is 322 g/mol. The maximum absolute atomic E-state index is 12.5. The zero-order chi connectivity index (χ0) is 18.0. The lowest BCUT2D eigenvalue weighted by molar-refractivity contribution is 0.0937. The van der Waals surface area contributed by atoms with Crippen LogP contribution in [0.4, 0.5) is 0 Å². The molecule has 8 nitrogen and oxygen atoms in total. The molecule has 0 amide bonds. The maximum atomic E-state index is 12.5. The first-order valence-electron chi connectivity index (χ1n) is 7.78. The van der Waals surface area contributed by atoms with Gasteiger partial charge in [-0.1, -0.05) is 23.4 Å². The van der Waals surface area contributed by atoms with E-state index >= 15 is 0 Å². The van der Waals surface area contributed by atoms with Crippen LogP contribution in [0.2, 0.25) is 0 Å². The smallest absolute Gasteiger partial charge is 0.300 e. The predicted molar refractivity (Wildman–Crippen MR) is 89.4 cm³/mol. The van der Waals surface area contributed by atoms with E-state index in [2.05, 4.69) is 15.4 Å². The summed E-state index contributed by atoms with van der Waals surface area (Å²) in [5.74, 6) is 0.234. The number of aliphatic hydroxyl groups excluding tert-OH is 1. The van der Waals surface area contributed by atoms with Crippen LogP contribution in [0.1, 0.15) is 33.5 Å². The lowest BCUT2D eigenvalue weighted by Crippen LogP contribution is -2.15. The molecule has 1 N–H and O–H groups in total. The number of hydrogen-bond acceptors (Lipinski definition) is 6. The summed E-state index contributed by atoms with van der Waals surface area (Å²) in [7, 11) is 1.55. The zero-order valence-electron chi connectivity index (χ0n) is 14.2. The lowest BCUT2D eigenvalue weighted by Gasteiger charge is -2.14. The van der Waals surface area contributed by atoms with Crippen molar-refractivity contribution in [1.82, 2.24) is 24.8 Å². The molecule has 130 valence electrons. The highest BCUT2D eigenvalue weighted by Gasteiger charge is 2.19. The van der Waals surface area contributed by atoms with E-state index in [4.69, 9.17) is 4.74 Å². The van der Waals surface area contributed by atoms with Crippen LogP contribution in [-0.2, 0) is 6.54 Å². The van der Waals surface area contributed by atoms with Gasteiger partial charge in [-0.25, -0.2) is 4.68 Å². The Bertz CT molecular complexity index is 899. The average molecular weight is 341 g/mol. The van der Waals surface area contributed by atoms with Gasteiger partial charge < -0.3 is 9.84 Å². The first-order valence-corrected chi connectivity index (χ1v) is 7.78. The molecule has 25 heavy (non-hydrogen) atoms. The second kappa shape index (κ2) is 6.86. The summed E-state index contributed by atoms with van der Waals surface area (Å²) in [5.41, 5.74) is 2.29. The standard InChI is InChI=1S/C17H19N5O3/c1-11-8-12(2)22(19-11)17(24)14-9-21(20-18-14)10-15(23)13-6-4-5-7-16(13)25-3/h4-9,15,23H,10H2,1-3H3. The third-order valence-corrected chi connectivity index (χ3v) is 3.82. The predicted octanol–water partition coefficient (Wildman–Crippen LogP) is 1.52. The summed E-state index contributed by atoms with van der Waals surface area (Å²) in [4.78, 5) is 12.5. The maximum Gasteiger partial charge on any atom is 0.300 e. The van der Waals surface area contributed by atoms with Gasteiger partial charge in [0.1, 0.15) is 11.9 Å². The van der Waals surface area contributed by atoms with Crippen LogP contribution >= 0.6 is 0 Å². The molecule has 0 radical (unpaired) electrons. The van der Waals surface area contributed by atoms with Crippen molar-refractivity contribution in [3.63, 3.8) is 0 Å². The van der Waals surface area contributed by atoms with Gasteiger partial charge in [0.25, 0.3) is 0 Å². The van der Waals surface area contributed by atoms with Crippen LogP contribution in [-0.4, -0.2) is 42.9 Å². The van der Waals surface area contributed by atoms with Gasteiger partial charge in [0, 0.05) is 11.3 Å². The summed E-state index contributed by atoms with van der Waals surface area (Å²) in [6.07, 6.45) is 0.659. The van der Waals surface area contributed by atoms with Gasteiger partial charge >= 0.3 is 5.91 Å². The van der Waals surface area contributed by atoms with E-state index < -0.39 is 6.10 Å². The van der Waals surface area contributed by atoms with E-state index in [0.717, 1.165) is 11.4 Å². The summed E-state index contributed by atoms with van der Waals surface area (Å²) < 4.78 is 7.97. The summed E-state index contributed by atoms with van der Waals surface area (Å²) in [6, 6.07) is 9.02. The number of methoxy groups -OCH3 is 1. The fourth-order valence-electron chi connectivity index (χ4n) is 2.65. The molecule has 3 rings (SSSR count). The molecule has 0 bridgehead atoms. The van der Waals surface area contributed by atoms with Crippen molar-refractivity contribution in [3.8, 4) is 5.75 Å². The molecule has 0 saturated carbocycles. The molecule has 1 atom stereocenters. The number of aromatic nitrogens is 5. The van der Waals surface area contributed by atoms with E-state index in [-0.39, 0.29) is 18.1 Å². The Morgan fingerprint density at radius 3 is 2.76 bits per heavy atom. The first-order chi connectivity index (χ1) is 12.0. The monoisotopic (exact) mass is 341 g/mol. The SMILES string of the molecule is COc1ccccc1C(O)Cn1cc(C(=O)n2nc(C)cc2C)nn1. The van der Waals surface area contributed by atoms with Crippen molar-refractivity contribution < 1.29 is 14.6 Å². The lowest BCUT2D eigenvalue weighted by atomic mass is 10.1. The highest BCUT2D eigenvalue weighted by atomic mass is 16.5. The molecule has 0 aliphatic rings. The van der Waals surface area contributed by atoms with Crippen LogP contribution in [0.15, 0.2) is 36.5 Å². The molecule has 0 aliphatic heterocycles. The first kappa shape index (κ1) is 16.8. The average Bonchev–Trinajstić information content (AvgIpc) is 3.20. The molecular formula is C17H19N5O3. The molecule has 2 heterocycles. The number of nitrogens with zero attached hydrogens (tertiary/aromatic N) is 5. The Kier molecular flexibility index (Phi) is 4.62. The van der Waals surface area contributed by atoms with Crippen LogP contribution < -0.4 is 4.74 Å². The van der Waals surface area contributed by atoms with Crippen LogP contribution in [0.5, 0.6) is 5.75 Å². The third-order valence-electron chi connectivity index (χ3n) is 3.82. The van der Waals surface area contributed by atoms with Gasteiger partial charge in [0.2, 0.25) is 0 Å². The number of benzene rings is 1. The van der Waals surface area contributed by atoms with E-state index in [0.29, 0.717) is 11.3 Å². The fraction of sp³-hybridized carbons (Fsp3) is 0.294. The fourth-order valence-corrected chi connectivity index (χ4v) is 2.65. The summed E-state index contributed by atoms with van der Waals surface area (Å²) in [5, 5.41) is 22.4. The number of aryl methyl sites for hydroxylation is 2. The van der Waals surface area contributed by atoms with Crippen molar-refractivity contribution in [2.75, 3.05) is 7.11 Å². The van der Waals surface area contributed by atoms with Crippen molar-refractivity contribution in [1.29, 1.82) is 0 Å². The van der Waals surface area contributed by atoms with Crippen molar-refractivity contribution in [2.24, 2.45) is 0 Å². The number of para-hydroxylation sites is 1. The number of ether oxygens (including phenoxy) is 1. The Hall–Kier alpha value is -3.00. The number of hydrogen-bond donors (Lipinski definition) is 1. The quantitative estimate of drug-likeness (QED) is 0.756. The number of carbonyl (C=O) groups is 1. The minimum Gasteiger partial charge on any atom is -0.496 e. The Morgan fingerprint density at radius 1 is 1.32 bits per heavy atom. The van der Waals surface area contributed by atoms with Crippen LogP contribution in [0.25, 0.3) is 0 Å². The van der Waals surface area contributed by atoms with Crippen LogP contribution in [0.3, 0.4) is 0 Å². The molecule has 0 fully saturated rings. The molecule has 0 spiro atoms. The highest BCUT2D eigenvalue weighted by molar-refractivity contribution is 5.93. The van der Waals surface area contributed by atoms with Crippen molar-refractivity contribution in [3.05, 3.63) is 59.2 Å². The molecule has 2 aromatic heterocycles. The molecule has 1 aromatic carbocycles. The largest absolute Gasteiger partial charge is 0.496 e. The van der Waals surface area contributed by atoms with Gasteiger partial charge in [-0.15, -0.1) is 5.10 Å². The Morgan fingerprint density at radius 2 is 2.08 bits per heavy atom. The second-order valence-corrected chi connectivity index (χ2v) is 5.73. The van der Waals surface area contributed by atoms with Crippen LogP contribution in [0, 0.1) is 13.8 Å². The van der Waals surface area contributed by atoms with E-state index in [1.165, 1.54) is 15.6 Å². The number of aliphatic hydroxyl groups is 1. The molecule has 0 saturated heterocycles. The molecule has 1 unspecified atom stereocenters. The van der Waals surface area contributed by atoms with Gasteiger partial charge in [-0.2, -0.15) is 9.78 Å². The normalized spacial score (nSPS) is 12.2. The topological polar surface area (TPSA) is 95.1 Å². The zero-order valence-corrected chi connectivity index (χ0v) is 14.2. The molecule has 3 aromatic rings. The molecule has 8 heteroatoms. The number of carbonyl (C=O) groups excluding carboxylic acids is 1. The summed E-state index contributed by atoms with van der Waals surface area (Å²) >= 11 is 0. The Labute approximate surface area is 144 Å². The second-order valence-electron chi connectivity index (χ2n) is 5.73. The van der Waals surface area contributed by atoms with Gasteiger partial charge in [0.05, 0.1) is 25.5 Å². The number of rotatable bonds is 5. The molecule has 0 aliphatic carbocycles. The highest BCUT2D eigenvalue weighted by Crippen LogP contribution is 2.25. The summed E-state index contributed by atoms with van der Waals surface area (Å²) in [6.45, 7) is 3.77. The van der Waals surface area contributed by atoms with Gasteiger partial charge in [-0.05, 0) is 26.0 Å².